The molecule has 0 aromatic rings. The highest BCUT2D eigenvalue weighted by atomic mass is 31.2. The summed E-state index contributed by atoms with van der Waals surface area (Å²) in [7, 11) is -3.73. The molecular weight excluding hydrogens is 261 g/mol. The molecule has 0 aliphatic heterocycles. The number of carbonyl (C=O) groups is 2. The van der Waals surface area contributed by atoms with Gasteiger partial charge in [-0.25, -0.2) is 9.79 Å². The second-order valence-corrected chi connectivity index (χ2v) is 7.05. The Balaban J connectivity index is 5.39. The Kier molecular flexibility index (Phi) is 6.88. The molecule has 8 heteroatoms. The van der Waals surface area contributed by atoms with Crippen LogP contribution in [-0.4, -0.2) is 58.7 Å². The predicted octanol–water partition coefficient (Wildman–Crippen LogP) is -0.457. The number of aliphatic hydroxyl groups excluding tert-OH is 2. The standard InChI is InChI=1S/C10H16NO6P/c1-7(14)10(9(16)5-12)18(17,8(2)15)4-3-11-6-13/h7,10,12,14H,3-5H2,1-2H3. The van der Waals surface area contributed by atoms with E-state index in [4.69, 9.17) is 5.11 Å². The van der Waals surface area contributed by atoms with Crippen molar-refractivity contribution in [3.63, 3.8) is 0 Å². The highest BCUT2D eigenvalue weighted by Gasteiger charge is 2.44. The number of aliphatic imine (C=N–C) groups is 1. The molecule has 0 aliphatic carbocycles. The summed E-state index contributed by atoms with van der Waals surface area (Å²) in [5.74, 6) is -0.862. The zero-order chi connectivity index (χ0) is 14.3. The number of carbonyl (C=O) groups excluding carboxylic acids is 3. The monoisotopic (exact) mass is 277 g/mol. The van der Waals surface area contributed by atoms with Crippen LogP contribution < -0.4 is 0 Å². The van der Waals surface area contributed by atoms with Gasteiger partial charge in [-0.3, -0.25) is 9.59 Å². The van der Waals surface area contributed by atoms with Crippen LogP contribution in [0.2, 0.25) is 0 Å². The second-order valence-electron chi connectivity index (χ2n) is 3.82. The number of rotatable bonds is 8. The number of isocyanates is 1. The minimum atomic E-state index is -3.73. The van der Waals surface area contributed by atoms with E-state index in [0.717, 1.165) is 6.92 Å². The maximum absolute atomic E-state index is 12.5. The summed E-state index contributed by atoms with van der Waals surface area (Å²) < 4.78 is 12.5. The number of Topliss-reactive ketones (excluding diaryl/α,β-unsaturated/α-hetero) is 1. The molecule has 0 spiro atoms. The molecule has 0 saturated heterocycles. The Morgan fingerprint density at radius 1 is 1.44 bits per heavy atom. The van der Waals surface area contributed by atoms with Gasteiger partial charge in [0.05, 0.1) is 12.6 Å². The topological polar surface area (TPSA) is 121 Å². The molecule has 0 aromatic heterocycles. The first-order valence-corrected chi connectivity index (χ1v) is 7.22. The highest BCUT2D eigenvalue weighted by molar-refractivity contribution is 7.81. The van der Waals surface area contributed by atoms with Crippen LogP contribution in [0, 0.1) is 0 Å². The van der Waals surface area contributed by atoms with Crippen molar-refractivity contribution in [1.29, 1.82) is 0 Å². The van der Waals surface area contributed by atoms with Gasteiger partial charge in [-0.15, -0.1) is 0 Å². The molecule has 0 fully saturated rings. The highest BCUT2D eigenvalue weighted by Crippen LogP contribution is 2.52. The molecule has 102 valence electrons. The first-order chi connectivity index (χ1) is 8.31. The van der Waals surface area contributed by atoms with E-state index in [0.29, 0.717) is 0 Å². The van der Waals surface area contributed by atoms with Gasteiger partial charge in [0.15, 0.2) is 18.4 Å². The van der Waals surface area contributed by atoms with Gasteiger partial charge in [-0.05, 0) is 6.92 Å². The first-order valence-electron chi connectivity index (χ1n) is 5.26. The van der Waals surface area contributed by atoms with Gasteiger partial charge in [-0.2, -0.15) is 0 Å². The zero-order valence-electron chi connectivity index (χ0n) is 10.2. The fraction of sp³-hybridized carbons (Fsp3) is 0.700. The number of nitrogens with zero attached hydrogens (tertiary/aromatic N) is 1. The molecule has 18 heavy (non-hydrogen) atoms. The molecule has 0 bridgehead atoms. The second kappa shape index (κ2) is 7.34. The van der Waals surface area contributed by atoms with E-state index in [-0.39, 0.29) is 12.7 Å². The normalized spacial score (nSPS) is 17.1. The van der Waals surface area contributed by atoms with Crippen LogP contribution in [0.1, 0.15) is 13.8 Å². The van der Waals surface area contributed by atoms with Crippen LogP contribution in [0.3, 0.4) is 0 Å². The van der Waals surface area contributed by atoms with Gasteiger partial charge in [0.1, 0.15) is 12.3 Å². The van der Waals surface area contributed by atoms with Crippen molar-refractivity contribution in [1.82, 2.24) is 0 Å². The Labute approximate surface area is 104 Å². The SMILES string of the molecule is CC(=O)P(=O)(CCN=C=O)C(C(=O)CO)C(C)O. The average Bonchev–Trinajstić information content (AvgIpc) is 2.28. The molecule has 0 rings (SSSR count). The summed E-state index contributed by atoms with van der Waals surface area (Å²) in [6.07, 6.45) is -0.404. The van der Waals surface area contributed by atoms with Gasteiger partial charge < -0.3 is 14.8 Å². The van der Waals surface area contributed by atoms with Gasteiger partial charge in [-0.1, -0.05) is 0 Å². The van der Waals surface area contributed by atoms with Crippen LogP contribution >= 0.6 is 7.14 Å². The molecule has 0 heterocycles. The van der Waals surface area contributed by atoms with E-state index >= 15 is 0 Å². The van der Waals surface area contributed by atoms with Gasteiger partial charge in [0, 0.05) is 13.1 Å². The van der Waals surface area contributed by atoms with Crippen LogP contribution in [0.4, 0.5) is 0 Å². The molecule has 3 atom stereocenters. The minimum absolute atomic E-state index is 0.220. The molecule has 0 aromatic carbocycles. The predicted molar refractivity (Wildman–Crippen MR) is 63.7 cm³/mol. The van der Waals surface area contributed by atoms with Crippen LogP contribution in [0.15, 0.2) is 4.99 Å². The molecule has 0 aliphatic rings. The molecule has 7 nitrogen and oxygen atoms in total. The first kappa shape index (κ1) is 16.9. The molecule has 0 radical (unpaired) electrons. The van der Waals surface area contributed by atoms with E-state index in [1.807, 2.05) is 0 Å². The third-order valence-electron chi connectivity index (χ3n) is 2.53. The van der Waals surface area contributed by atoms with Crippen molar-refractivity contribution in [2.75, 3.05) is 19.3 Å². The Bertz CT molecular complexity index is 413. The molecular formula is C10H16NO6P. The maximum atomic E-state index is 12.5. The quantitative estimate of drug-likeness (QED) is 0.352. The lowest BCUT2D eigenvalue weighted by molar-refractivity contribution is -0.123. The van der Waals surface area contributed by atoms with E-state index in [9.17, 15) is 24.1 Å². The summed E-state index contributed by atoms with van der Waals surface area (Å²) in [4.78, 5) is 36.1. The van der Waals surface area contributed by atoms with Crippen LogP contribution in [0.25, 0.3) is 0 Å². The van der Waals surface area contributed by atoms with Crippen molar-refractivity contribution in [2.24, 2.45) is 4.99 Å². The third kappa shape index (κ3) is 3.96. The van der Waals surface area contributed by atoms with Crippen LogP contribution in [0.5, 0.6) is 0 Å². The Morgan fingerprint density at radius 3 is 2.33 bits per heavy atom. The summed E-state index contributed by atoms with van der Waals surface area (Å²) in [5.41, 5.74) is -2.20. The largest absolute Gasteiger partial charge is 0.392 e. The van der Waals surface area contributed by atoms with Crippen molar-refractivity contribution in [2.45, 2.75) is 25.6 Å². The summed E-state index contributed by atoms with van der Waals surface area (Å²) >= 11 is 0. The van der Waals surface area contributed by atoms with E-state index < -0.39 is 36.8 Å². The summed E-state index contributed by atoms with van der Waals surface area (Å²) in [6, 6.07) is 0. The lowest BCUT2D eigenvalue weighted by Crippen LogP contribution is -2.36. The lowest BCUT2D eigenvalue weighted by atomic mass is 10.2. The Morgan fingerprint density at radius 2 is 2.00 bits per heavy atom. The third-order valence-corrected chi connectivity index (χ3v) is 6.08. The number of ketones is 1. The number of hydrogen-bond acceptors (Lipinski definition) is 7. The minimum Gasteiger partial charge on any atom is -0.392 e. The average molecular weight is 277 g/mol. The zero-order valence-corrected chi connectivity index (χ0v) is 11.1. The fourth-order valence-electron chi connectivity index (χ4n) is 1.68. The van der Waals surface area contributed by atoms with Gasteiger partial charge in [0.2, 0.25) is 6.08 Å². The number of aliphatic hydroxyl groups is 2. The molecule has 3 unspecified atom stereocenters. The molecule has 0 amide bonds. The van der Waals surface area contributed by atoms with Gasteiger partial charge >= 0.3 is 0 Å². The molecule has 0 saturated carbocycles. The maximum Gasteiger partial charge on any atom is 0.234 e. The van der Waals surface area contributed by atoms with E-state index in [1.165, 1.54) is 13.0 Å². The van der Waals surface area contributed by atoms with E-state index in [2.05, 4.69) is 4.99 Å². The van der Waals surface area contributed by atoms with Crippen molar-refractivity contribution >= 4 is 24.5 Å². The summed E-state index contributed by atoms with van der Waals surface area (Å²) in [6.45, 7) is 1.13. The van der Waals surface area contributed by atoms with Crippen molar-refractivity contribution < 1.29 is 29.2 Å². The van der Waals surface area contributed by atoms with Gasteiger partial charge in [0.25, 0.3) is 0 Å². The molecule has 2 N–H and O–H groups in total. The fourth-order valence-corrected chi connectivity index (χ4v) is 4.31. The van der Waals surface area contributed by atoms with E-state index in [1.54, 1.807) is 0 Å². The van der Waals surface area contributed by atoms with Crippen molar-refractivity contribution in [3.05, 3.63) is 0 Å². The Hall–Kier alpha value is -1.13. The number of hydrogen-bond donors (Lipinski definition) is 2. The smallest absolute Gasteiger partial charge is 0.234 e. The summed E-state index contributed by atoms with van der Waals surface area (Å²) in [5, 5.41) is 18.3. The van der Waals surface area contributed by atoms with Crippen LogP contribution in [-0.2, 0) is 18.9 Å². The lowest BCUT2D eigenvalue weighted by Gasteiger charge is -2.25. The van der Waals surface area contributed by atoms with Crippen molar-refractivity contribution in [3.8, 4) is 0 Å².